The summed E-state index contributed by atoms with van der Waals surface area (Å²) in [7, 11) is 0. The number of anilines is 1. The van der Waals surface area contributed by atoms with Gasteiger partial charge in [0.2, 0.25) is 5.91 Å². The molecule has 4 rings (SSSR count). The molecule has 0 radical (unpaired) electrons. The molecular formula is C21H21FN4O2. The zero-order valence-electron chi connectivity index (χ0n) is 15.3. The Bertz CT molecular complexity index is 1100. The van der Waals surface area contributed by atoms with E-state index in [-0.39, 0.29) is 17.5 Å². The number of amides is 2. The third-order valence-electron chi connectivity index (χ3n) is 5.24. The average Bonchev–Trinajstić information content (AvgIpc) is 3.06. The zero-order valence-corrected chi connectivity index (χ0v) is 15.3. The van der Waals surface area contributed by atoms with Gasteiger partial charge in [0.25, 0.3) is 5.91 Å². The first kappa shape index (κ1) is 18.0. The molecule has 1 aromatic heterocycles. The number of aromatic nitrogens is 1. The Balaban J connectivity index is 1.88. The third kappa shape index (κ3) is 2.98. The fourth-order valence-electron chi connectivity index (χ4n) is 4.04. The van der Waals surface area contributed by atoms with E-state index in [2.05, 4.69) is 16.9 Å². The Labute approximate surface area is 161 Å². The van der Waals surface area contributed by atoms with Crippen molar-refractivity contribution in [1.82, 2.24) is 10.3 Å². The van der Waals surface area contributed by atoms with Crippen molar-refractivity contribution in [2.45, 2.75) is 18.9 Å². The molecular weight excluding hydrogens is 359 g/mol. The molecule has 4 N–H and O–H groups in total. The first-order chi connectivity index (χ1) is 13.5. The maximum atomic E-state index is 15.2. The summed E-state index contributed by atoms with van der Waals surface area (Å²) < 4.78 is 15.2. The molecule has 6 nitrogen and oxygen atoms in total. The molecule has 3 aromatic rings. The number of carbonyl (C=O) groups excluding carboxylic acids is 2. The van der Waals surface area contributed by atoms with Crippen LogP contribution in [-0.4, -0.2) is 35.9 Å². The van der Waals surface area contributed by atoms with Crippen molar-refractivity contribution in [1.29, 1.82) is 0 Å². The van der Waals surface area contributed by atoms with E-state index >= 15 is 4.39 Å². The molecule has 1 saturated heterocycles. The van der Waals surface area contributed by atoms with Crippen molar-refractivity contribution in [3.8, 4) is 0 Å². The number of para-hydroxylation sites is 1. The second-order valence-corrected chi connectivity index (χ2v) is 7.04. The summed E-state index contributed by atoms with van der Waals surface area (Å²) in [6.45, 7) is 4.61. The van der Waals surface area contributed by atoms with Gasteiger partial charge in [-0.2, -0.15) is 0 Å². The number of halogens is 1. The molecule has 144 valence electrons. The van der Waals surface area contributed by atoms with E-state index in [9.17, 15) is 9.59 Å². The van der Waals surface area contributed by atoms with Crippen LogP contribution in [0.2, 0.25) is 0 Å². The van der Waals surface area contributed by atoms with Crippen LogP contribution in [-0.2, 0) is 4.79 Å². The summed E-state index contributed by atoms with van der Waals surface area (Å²) in [6, 6.07) is 8.61. The largest absolute Gasteiger partial charge is 0.367 e. The van der Waals surface area contributed by atoms with Gasteiger partial charge in [-0.25, -0.2) is 4.39 Å². The first-order valence-electron chi connectivity index (χ1n) is 9.20. The van der Waals surface area contributed by atoms with E-state index < -0.39 is 11.7 Å². The van der Waals surface area contributed by atoms with Gasteiger partial charge in [-0.05, 0) is 31.1 Å². The molecule has 2 aromatic carbocycles. The van der Waals surface area contributed by atoms with Crippen LogP contribution < -0.4 is 16.0 Å². The summed E-state index contributed by atoms with van der Waals surface area (Å²) in [4.78, 5) is 28.7. The number of piperidine rings is 1. The number of carbonyl (C=O) groups is 2. The number of nitrogens with zero attached hydrogens (tertiary/aromatic N) is 1. The molecule has 1 atom stereocenters. The number of benzene rings is 2. The molecule has 1 aliphatic heterocycles. The number of H-pyrrole nitrogens is 1. The van der Waals surface area contributed by atoms with E-state index in [4.69, 9.17) is 5.73 Å². The first-order valence-corrected chi connectivity index (χ1v) is 9.20. The molecule has 0 unspecified atom stereocenters. The lowest BCUT2D eigenvalue weighted by Gasteiger charge is -2.35. The quantitative estimate of drug-likeness (QED) is 0.608. The molecule has 0 saturated carbocycles. The van der Waals surface area contributed by atoms with E-state index in [1.54, 1.807) is 0 Å². The zero-order chi connectivity index (χ0) is 19.8. The maximum Gasteiger partial charge on any atom is 0.250 e. The molecule has 2 amide bonds. The lowest BCUT2D eigenvalue weighted by Crippen LogP contribution is -2.47. The molecule has 0 spiro atoms. The summed E-state index contributed by atoms with van der Waals surface area (Å²) in [5, 5.41) is 4.36. The molecule has 28 heavy (non-hydrogen) atoms. The summed E-state index contributed by atoms with van der Waals surface area (Å²) in [5.41, 5.74) is 7.38. The molecule has 2 heterocycles. The molecule has 1 aliphatic rings. The smallest absolute Gasteiger partial charge is 0.250 e. The van der Waals surface area contributed by atoms with E-state index in [1.807, 2.05) is 29.2 Å². The Morgan fingerprint density at radius 3 is 2.89 bits per heavy atom. The predicted octanol–water partition coefficient (Wildman–Crippen LogP) is 2.83. The van der Waals surface area contributed by atoms with Crippen molar-refractivity contribution >= 4 is 39.3 Å². The number of rotatable bonds is 4. The SMILES string of the molecule is C=CC(=O)N[C@H]1CCCN(c2c(F)cc(C(N)=O)c3[nH]c4ccccc4c23)C1. The van der Waals surface area contributed by atoms with Crippen LogP contribution in [0.5, 0.6) is 0 Å². The number of fused-ring (bicyclic) bond motifs is 3. The van der Waals surface area contributed by atoms with Gasteiger partial charge >= 0.3 is 0 Å². The molecule has 1 fully saturated rings. The van der Waals surface area contributed by atoms with Crippen LogP contribution >= 0.6 is 0 Å². The van der Waals surface area contributed by atoms with Gasteiger partial charge in [0.15, 0.2) is 0 Å². The highest BCUT2D eigenvalue weighted by atomic mass is 19.1. The number of hydrogen-bond acceptors (Lipinski definition) is 3. The van der Waals surface area contributed by atoms with Crippen molar-refractivity contribution < 1.29 is 14.0 Å². The number of nitrogens with one attached hydrogen (secondary N) is 2. The van der Waals surface area contributed by atoms with Gasteiger partial charge in [0.1, 0.15) is 5.82 Å². The Morgan fingerprint density at radius 2 is 2.14 bits per heavy atom. The van der Waals surface area contributed by atoms with Gasteiger partial charge in [-0.15, -0.1) is 0 Å². The highest BCUT2D eigenvalue weighted by molar-refractivity contribution is 6.19. The summed E-state index contributed by atoms with van der Waals surface area (Å²) >= 11 is 0. The van der Waals surface area contributed by atoms with Gasteiger partial charge in [-0.3, -0.25) is 9.59 Å². The van der Waals surface area contributed by atoms with Gasteiger partial charge in [0, 0.05) is 35.4 Å². The monoisotopic (exact) mass is 380 g/mol. The van der Waals surface area contributed by atoms with Crippen molar-refractivity contribution in [3.63, 3.8) is 0 Å². The lowest BCUT2D eigenvalue weighted by atomic mass is 10.0. The van der Waals surface area contributed by atoms with Gasteiger partial charge < -0.3 is 20.9 Å². The van der Waals surface area contributed by atoms with E-state index in [0.717, 1.165) is 23.7 Å². The maximum absolute atomic E-state index is 15.2. The van der Waals surface area contributed by atoms with Crippen LogP contribution in [0.15, 0.2) is 43.0 Å². The number of nitrogens with two attached hydrogens (primary N) is 1. The fourth-order valence-corrected chi connectivity index (χ4v) is 4.04. The number of primary amides is 1. The highest BCUT2D eigenvalue weighted by Crippen LogP contribution is 2.38. The third-order valence-corrected chi connectivity index (χ3v) is 5.24. The summed E-state index contributed by atoms with van der Waals surface area (Å²) in [6.07, 6.45) is 2.86. The van der Waals surface area contributed by atoms with Crippen LogP contribution in [0, 0.1) is 5.82 Å². The molecule has 7 heteroatoms. The van der Waals surface area contributed by atoms with Gasteiger partial charge in [0.05, 0.1) is 16.8 Å². The van der Waals surface area contributed by atoms with Crippen molar-refractivity contribution in [3.05, 3.63) is 54.4 Å². The van der Waals surface area contributed by atoms with Crippen LogP contribution in [0.4, 0.5) is 10.1 Å². The standard InChI is InChI=1S/C21H21FN4O2/c1-2-17(27)24-12-6-5-9-26(11-12)20-15(22)10-14(21(23)28)19-18(20)13-7-3-4-8-16(13)25-19/h2-4,7-8,10,12,25H,1,5-6,9,11H2,(H2,23,28)(H,24,27)/t12-/m0/s1. The van der Waals surface area contributed by atoms with Gasteiger partial charge in [-0.1, -0.05) is 24.8 Å². The minimum atomic E-state index is -0.684. The molecule has 0 aliphatic carbocycles. The number of hydrogen-bond donors (Lipinski definition) is 3. The topological polar surface area (TPSA) is 91.2 Å². The minimum absolute atomic E-state index is 0.102. The average molecular weight is 380 g/mol. The van der Waals surface area contributed by atoms with E-state index in [1.165, 1.54) is 12.1 Å². The second kappa shape index (κ2) is 6.99. The fraction of sp³-hybridized carbons (Fsp3) is 0.238. The highest BCUT2D eigenvalue weighted by Gasteiger charge is 2.27. The van der Waals surface area contributed by atoms with Crippen LogP contribution in [0.1, 0.15) is 23.2 Å². The Morgan fingerprint density at radius 1 is 1.36 bits per heavy atom. The van der Waals surface area contributed by atoms with Crippen molar-refractivity contribution in [2.24, 2.45) is 5.73 Å². The predicted molar refractivity (Wildman–Crippen MR) is 108 cm³/mol. The van der Waals surface area contributed by atoms with Crippen LogP contribution in [0.25, 0.3) is 21.8 Å². The van der Waals surface area contributed by atoms with E-state index in [0.29, 0.717) is 29.7 Å². The molecule has 0 bridgehead atoms. The summed E-state index contributed by atoms with van der Waals surface area (Å²) in [5.74, 6) is -1.42. The normalized spacial score (nSPS) is 17.0. The minimum Gasteiger partial charge on any atom is -0.367 e. The second-order valence-electron chi connectivity index (χ2n) is 7.04. The van der Waals surface area contributed by atoms with Crippen molar-refractivity contribution in [2.75, 3.05) is 18.0 Å². The lowest BCUT2D eigenvalue weighted by molar-refractivity contribution is -0.117. The Kier molecular flexibility index (Phi) is 4.50. The number of aromatic amines is 1. The van der Waals surface area contributed by atoms with Crippen LogP contribution in [0.3, 0.4) is 0 Å². The Hall–Kier alpha value is -3.35.